The van der Waals surface area contributed by atoms with Crippen LogP contribution in [0.25, 0.3) is 0 Å². The van der Waals surface area contributed by atoms with Crippen LogP contribution in [0.4, 0.5) is 5.69 Å². The maximum Gasteiger partial charge on any atom is 0.227 e. The first kappa shape index (κ1) is 22.5. The monoisotopic (exact) mass is 428 g/mol. The molecule has 5 nitrogen and oxygen atoms in total. The number of hydrogen-bond donors (Lipinski definition) is 2. The molecule has 1 amide bonds. The highest BCUT2D eigenvalue weighted by Crippen LogP contribution is 2.37. The Labute approximate surface area is 183 Å². The second-order valence-electron chi connectivity index (χ2n) is 7.95. The molecule has 2 N–H and O–H groups in total. The topological polar surface area (TPSA) is 69.6 Å². The Morgan fingerprint density at radius 1 is 1.07 bits per heavy atom. The van der Waals surface area contributed by atoms with Crippen molar-refractivity contribution in [2.45, 2.75) is 44.6 Å². The zero-order valence-electron chi connectivity index (χ0n) is 17.1. The van der Waals surface area contributed by atoms with Crippen molar-refractivity contribution >= 4 is 29.8 Å². The van der Waals surface area contributed by atoms with Gasteiger partial charge in [0.15, 0.2) is 5.78 Å². The lowest BCUT2D eigenvalue weighted by atomic mass is 9.94. The third-order valence-electron chi connectivity index (χ3n) is 5.90. The predicted octanol–water partition coefficient (Wildman–Crippen LogP) is 3.62. The molecule has 0 aliphatic carbocycles. The Morgan fingerprint density at radius 2 is 1.80 bits per heavy atom. The molecule has 160 valence electrons. The van der Waals surface area contributed by atoms with Crippen molar-refractivity contribution in [3.05, 3.63) is 64.7 Å². The van der Waals surface area contributed by atoms with Gasteiger partial charge in [0.2, 0.25) is 5.91 Å². The Balaban J connectivity index is 0.00000256. The van der Waals surface area contributed by atoms with E-state index in [1.54, 1.807) is 0 Å². The predicted molar refractivity (Wildman–Crippen MR) is 121 cm³/mol. The molecule has 2 heterocycles. The van der Waals surface area contributed by atoms with Gasteiger partial charge in [-0.25, -0.2) is 0 Å². The van der Waals surface area contributed by atoms with E-state index >= 15 is 0 Å². The molecule has 1 unspecified atom stereocenters. The second-order valence-corrected chi connectivity index (χ2v) is 7.95. The number of Topliss-reactive ketones (excluding diaryl/α,β-unsaturated/α-hetero) is 1. The number of aliphatic hydroxyl groups is 1. The molecular weight excluding hydrogens is 400 g/mol. The smallest absolute Gasteiger partial charge is 0.227 e. The fraction of sp³-hybridized carbons (Fsp3) is 0.417. The van der Waals surface area contributed by atoms with E-state index in [1.165, 1.54) is 0 Å². The van der Waals surface area contributed by atoms with Gasteiger partial charge in [-0.2, -0.15) is 0 Å². The van der Waals surface area contributed by atoms with Crippen LogP contribution < -0.4 is 10.2 Å². The minimum absolute atomic E-state index is 0. The summed E-state index contributed by atoms with van der Waals surface area (Å²) in [5, 5.41) is 13.4. The highest BCUT2D eigenvalue weighted by atomic mass is 35.5. The quantitative estimate of drug-likeness (QED) is 0.472. The lowest BCUT2D eigenvalue weighted by molar-refractivity contribution is -0.118. The number of carbonyl (C=O) groups is 2. The van der Waals surface area contributed by atoms with Gasteiger partial charge in [-0.1, -0.05) is 30.3 Å². The largest absolute Gasteiger partial charge is 0.387 e. The van der Waals surface area contributed by atoms with Crippen molar-refractivity contribution < 1.29 is 14.7 Å². The second kappa shape index (κ2) is 10.2. The summed E-state index contributed by atoms with van der Waals surface area (Å²) in [6.45, 7) is 2.05. The molecule has 0 saturated carbocycles. The van der Waals surface area contributed by atoms with Gasteiger partial charge in [0.25, 0.3) is 0 Å². The van der Waals surface area contributed by atoms with Crippen molar-refractivity contribution in [2.24, 2.45) is 0 Å². The Hall–Kier alpha value is -2.21. The van der Waals surface area contributed by atoms with E-state index in [0.29, 0.717) is 19.4 Å². The number of hydrogen-bond acceptors (Lipinski definition) is 4. The molecule has 30 heavy (non-hydrogen) atoms. The highest BCUT2D eigenvalue weighted by Gasteiger charge is 2.31. The molecule has 0 spiro atoms. The van der Waals surface area contributed by atoms with Crippen LogP contribution in [-0.2, 0) is 17.6 Å². The number of benzene rings is 2. The summed E-state index contributed by atoms with van der Waals surface area (Å²) in [5.74, 6) is 0.393. The van der Waals surface area contributed by atoms with Gasteiger partial charge in [-0.15, -0.1) is 12.4 Å². The van der Waals surface area contributed by atoms with Crippen LogP contribution in [0.15, 0.2) is 42.5 Å². The molecule has 0 fully saturated rings. The van der Waals surface area contributed by atoms with Crippen molar-refractivity contribution in [3.8, 4) is 0 Å². The summed E-state index contributed by atoms with van der Waals surface area (Å²) in [6, 6.07) is 13.6. The SMILES string of the molecule is Cl.O=C(CCCCNCC(O)c1ccccc1)c1cc2c3c(c1)CCN3C(=O)CC2. The molecule has 0 saturated heterocycles. The van der Waals surface area contributed by atoms with Crippen LogP contribution in [-0.4, -0.2) is 36.4 Å². The third-order valence-corrected chi connectivity index (χ3v) is 5.90. The van der Waals surface area contributed by atoms with E-state index in [-0.39, 0.29) is 24.1 Å². The molecule has 2 aliphatic heterocycles. The lowest BCUT2D eigenvalue weighted by Crippen LogP contribution is -2.32. The van der Waals surface area contributed by atoms with Gasteiger partial charge in [0, 0.05) is 31.5 Å². The van der Waals surface area contributed by atoms with Crippen LogP contribution in [0.1, 0.15) is 58.8 Å². The first-order chi connectivity index (χ1) is 14.1. The summed E-state index contributed by atoms with van der Waals surface area (Å²) < 4.78 is 0. The molecule has 2 aromatic rings. The molecule has 6 heteroatoms. The fourth-order valence-electron chi connectivity index (χ4n) is 4.33. The number of anilines is 1. The molecule has 1 atom stereocenters. The van der Waals surface area contributed by atoms with E-state index < -0.39 is 6.10 Å². The minimum atomic E-state index is -0.507. The Bertz CT molecular complexity index is 901. The first-order valence-electron chi connectivity index (χ1n) is 10.6. The third kappa shape index (κ3) is 4.91. The molecule has 2 aliphatic rings. The summed E-state index contributed by atoms with van der Waals surface area (Å²) in [4.78, 5) is 26.6. The number of nitrogens with one attached hydrogen (secondary N) is 1. The van der Waals surface area contributed by atoms with Gasteiger partial charge >= 0.3 is 0 Å². The average molecular weight is 429 g/mol. The minimum Gasteiger partial charge on any atom is -0.387 e. The number of amides is 1. The normalized spacial score (nSPS) is 15.5. The van der Waals surface area contributed by atoms with Crippen LogP contribution in [0.2, 0.25) is 0 Å². The number of aryl methyl sites for hydroxylation is 1. The van der Waals surface area contributed by atoms with Crippen LogP contribution >= 0.6 is 12.4 Å². The van der Waals surface area contributed by atoms with Crippen molar-refractivity contribution in [1.29, 1.82) is 0 Å². The molecule has 0 radical (unpaired) electrons. The van der Waals surface area contributed by atoms with E-state index in [0.717, 1.165) is 66.7 Å². The maximum absolute atomic E-state index is 12.7. The Kier molecular flexibility index (Phi) is 7.64. The number of carbonyl (C=O) groups excluding carboxylic acids is 2. The zero-order chi connectivity index (χ0) is 20.2. The van der Waals surface area contributed by atoms with E-state index in [2.05, 4.69) is 5.32 Å². The van der Waals surface area contributed by atoms with Gasteiger partial charge in [0.1, 0.15) is 0 Å². The lowest BCUT2D eigenvalue weighted by Gasteiger charge is -2.25. The number of unbranched alkanes of at least 4 members (excludes halogenated alkanes) is 1. The first-order valence-corrected chi connectivity index (χ1v) is 10.6. The highest BCUT2D eigenvalue weighted by molar-refractivity contribution is 6.02. The van der Waals surface area contributed by atoms with Gasteiger partial charge in [0.05, 0.1) is 11.8 Å². The van der Waals surface area contributed by atoms with Gasteiger partial charge < -0.3 is 15.3 Å². The summed E-state index contributed by atoms with van der Waals surface area (Å²) in [6.07, 6.45) is 3.88. The zero-order valence-corrected chi connectivity index (χ0v) is 17.9. The van der Waals surface area contributed by atoms with E-state index in [4.69, 9.17) is 0 Å². The molecule has 4 rings (SSSR count). The molecule has 0 aromatic heterocycles. The van der Waals surface area contributed by atoms with Gasteiger partial charge in [-0.05, 0) is 61.1 Å². The number of halogens is 1. The number of rotatable bonds is 9. The number of nitrogens with zero attached hydrogens (tertiary/aromatic N) is 1. The van der Waals surface area contributed by atoms with Crippen molar-refractivity contribution in [3.63, 3.8) is 0 Å². The molecule has 2 aromatic carbocycles. The van der Waals surface area contributed by atoms with Crippen LogP contribution in [0, 0.1) is 0 Å². The summed E-state index contributed by atoms with van der Waals surface area (Å²) >= 11 is 0. The van der Waals surface area contributed by atoms with Crippen LogP contribution in [0.3, 0.4) is 0 Å². The number of ketones is 1. The fourth-order valence-corrected chi connectivity index (χ4v) is 4.33. The van der Waals surface area contributed by atoms with E-state index in [9.17, 15) is 14.7 Å². The van der Waals surface area contributed by atoms with E-state index in [1.807, 2.05) is 47.4 Å². The van der Waals surface area contributed by atoms with Crippen molar-refractivity contribution in [2.75, 3.05) is 24.5 Å². The maximum atomic E-state index is 12.7. The Morgan fingerprint density at radius 3 is 2.57 bits per heavy atom. The summed E-state index contributed by atoms with van der Waals surface area (Å²) in [5.41, 5.74) is 5.08. The number of aliphatic hydroxyl groups excluding tert-OH is 1. The standard InChI is InChI=1S/C24H28N2O3.ClH/c27-21(8-4-5-12-25-16-22(28)17-6-2-1-3-7-17)20-14-18-9-10-23(29)26-13-11-19(15-20)24(18)26;/h1-3,6-7,14-15,22,25,28H,4-5,8-13,16H2;1H. The van der Waals surface area contributed by atoms with Gasteiger partial charge in [-0.3, -0.25) is 9.59 Å². The van der Waals surface area contributed by atoms with Crippen molar-refractivity contribution in [1.82, 2.24) is 5.32 Å². The molecule has 0 bridgehead atoms. The average Bonchev–Trinajstić information content (AvgIpc) is 3.19. The van der Waals surface area contributed by atoms with Crippen LogP contribution in [0.5, 0.6) is 0 Å². The summed E-state index contributed by atoms with van der Waals surface area (Å²) in [7, 11) is 0. The molecular formula is C24H29ClN2O3.